The summed E-state index contributed by atoms with van der Waals surface area (Å²) in [5, 5.41) is 12.2. The summed E-state index contributed by atoms with van der Waals surface area (Å²) in [6.07, 6.45) is 0.730. The third kappa shape index (κ3) is 4.43. The number of amides is 1. The molecule has 0 radical (unpaired) electrons. The van der Waals surface area contributed by atoms with Crippen molar-refractivity contribution in [2.75, 3.05) is 0 Å². The van der Waals surface area contributed by atoms with Crippen LogP contribution in [-0.2, 0) is 24.4 Å². The molecule has 2 rings (SSSR count). The predicted molar refractivity (Wildman–Crippen MR) is 83.5 cm³/mol. The van der Waals surface area contributed by atoms with Gasteiger partial charge in [0.05, 0.1) is 6.61 Å². The van der Waals surface area contributed by atoms with Gasteiger partial charge in [0, 0.05) is 12.5 Å². The van der Waals surface area contributed by atoms with Crippen LogP contribution in [0.4, 0.5) is 0 Å². The molecule has 3 nitrogen and oxygen atoms in total. The minimum absolute atomic E-state index is 0.00832. The Morgan fingerprint density at radius 3 is 2.33 bits per heavy atom. The average Bonchev–Trinajstić information content (AvgIpc) is 2.53. The molecule has 0 fully saturated rings. The highest BCUT2D eigenvalue weighted by atomic mass is 16.3. The summed E-state index contributed by atoms with van der Waals surface area (Å²) in [5.41, 5.74) is 2.98. The van der Waals surface area contributed by atoms with Gasteiger partial charge in [0.15, 0.2) is 0 Å². The zero-order valence-corrected chi connectivity index (χ0v) is 12.3. The highest BCUT2D eigenvalue weighted by Crippen LogP contribution is 2.11. The van der Waals surface area contributed by atoms with E-state index in [2.05, 4.69) is 5.32 Å². The molecule has 2 N–H and O–H groups in total. The molecule has 0 aliphatic rings. The largest absolute Gasteiger partial charge is 0.392 e. The van der Waals surface area contributed by atoms with Gasteiger partial charge < -0.3 is 10.4 Å². The molecule has 0 saturated carbocycles. The van der Waals surface area contributed by atoms with Crippen LogP contribution in [0.5, 0.6) is 0 Å². The summed E-state index contributed by atoms with van der Waals surface area (Å²) in [7, 11) is 0. The lowest BCUT2D eigenvalue weighted by Crippen LogP contribution is -2.30. The number of hydrogen-bond acceptors (Lipinski definition) is 2. The molecule has 0 spiro atoms. The lowest BCUT2D eigenvalue weighted by atomic mass is 10.00. The number of aliphatic hydroxyl groups excluding tert-OH is 1. The number of nitrogens with one attached hydrogen (secondary N) is 1. The van der Waals surface area contributed by atoms with E-state index in [-0.39, 0.29) is 18.4 Å². The molecular weight excluding hydrogens is 262 g/mol. The van der Waals surface area contributed by atoms with Gasteiger partial charge in [0.25, 0.3) is 0 Å². The zero-order valence-electron chi connectivity index (χ0n) is 12.3. The Morgan fingerprint density at radius 2 is 1.67 bits per heavy atom. The van der Waals surface area contributed by atoms with E-state index in [0.717, 1.165) is 23.1 Å². The summed E-state index contributed by atoms with van der Waals surface area (Å²) in [5.74, 6) is -0.0414. The third-order valence-electron chi connectivity index (χ3n) is 3.57. The molecular formula is C18H21NO2. The quantitative estimate of drug-likeness (QED) is 0.856. The van der Waals surface area contributed by atoms with Crippen LogP contribution < -0.4 is 5.32 Å². The Kier molecular flexibility index (Phi) is 5.52. The molecule has 0 aliphatic heterocycles. The highest BCUT2D eigenvalue weighted by Gasteiger charge is 2.13. The van der Waals surface area contributed by atoms with Crippen LogP contribution in [0.2, 0.25) is 0 Å². The Hall–Kier alpha value is -2.13. The van der Waals surface area contributed by atoms with Gasteiger partial charge in [-0.05, 0) is 23.1 Å². The lowest BCUT2D eigenvalue weighted by molar-refractivity contribution is -0.124. The van der Waals surface area contributed by atoms with Gasteiger partial charge >= 0.3 is 0 Å². The molecule has 2 aromatic rings. The average molecular weight is 283 g/mol. The van der Waals surface area contributed by atoms with E-state index < -0.39 is 0 Å². The smallest absolute Gasteiger partial charge is 0.223 e. The molecule has 1 atom stereocenters. The fraction of sp³-hybridized carbons (Fsp3) is 0.278. The van der Waals surface area contributed by atoms with E-state index in [4.69, 9.17) is 0 Å². The summed E-state index contributed by atoms with van der Waals surface area (Å²) >= 11 is 0. The van der Waals surface area contributed by atoms with Crippen LogP contribution in [0.15, 0.2) is 54.6 Å². The first-order valence-electron chi connectivity index (χ1n) is 7.20. The molecule has 110 valence electrons. The van der Waals surface area contributed by atoms with Gasteiger partial charge in [0.1, 0.15) is 0 Å². The lowest BCUT2D eigenvalue weighted by Gasteiger charge is -2.13. The molecule has 1 amide bonds. The molecule has 21 heavy (non-hydrogen) atoms. The van der Waals surface area contributed by atoms with Crippen molar-refractivity contribution in [1.29, 1.82) is 0 Å². The van der Waals surface area contributed by atoms with Crippen LogP contribution in [0, 0.1) is 5.92 Å². The Morgan fingerprint density at radius 1 is 1.05 bits per heavy atom. The number of carbonyl (C=O) groups is 1. The van der Waals surface area contributed by atoms with Crippen LogP contribution in [0.1, 0.15) is 23.6 Å². The Labute approximate surface area is 125 Å². The maximum atomic E-state index is 12.1. The molecule has 3 heteroatoms. The van der Waals surface area contributed by atoms with Crippen molar-refractivity contribution in [2.45, 2.75) is 26.5 Å². The van der Waals surface area contributed by atoms with E-state index in [1.54, 1.807) is 0 Å². The summed E-state index contributed by atoms with van der Waals surface area (Å²) < 4.78 is 0. The normalized spacial score (nSPS) is 11.9. The van der Waals surface area contributed by atoms with Crippen molar-refractivity contribution >= 4 is 5.91 Å². The van der Waals surface area contributed by atoms with E-state index >= 15 is 0 Å². The molecule has 2 aromatic carbocycles. The predicted octanol–water partition coefficient (Wildman–Crippen LogP) is 2.67. The fourth-order valence-electron chi connectivity index (χ4n) is 2.30. The third-order valence-corrected chi connectivity index (χ3v) is 3.57. The molecule has 0 aliphatic carbocycles. The van der Waals surface area contributed by atoms with Gasteiger partial charge in [-0.2, -0.15) is 0 Å². The summed E-state index contributed by atoms with van der Waals surface area (Å²) in [4.78, 5) is 12.1. The highest BCUT2D eigenvalue weighted by molar-refractivity contribution is 5.78. The second-order valence-corrected chi connectivity index (χ2v) is 5.24. The van der Waals surface area contributed by atoms with E-state index in [0.29, 0.717) is 6.54 Å². The maximum Gasteiger partial charge on any atom is 0.223 e. The van der Waals surface area contributed by atoms with Crippen molar-refractivity contribution in [3.8, 4) is 0 Å². The van der Waals surface area contributed by atoms with E-state index in [1.165, 1.54) is 0 Å². The van der Waals surface area contributed by atoms with Crippen molar-refractivity contribution in [1.82, 2.24) is 5.32 Å². The first-order valence-corrected chi connectivity index (χ1v) is 7.20. The Bertz CT molecular complexity index is 581. The summed E-state index contributed by atoms with van der Waals surface area (Å²) in [6.45, 7) is 2.38. The van der Waals surface area contributed by atoms with E-state index in [9.17, 15) is 9.90 Å². The number of aliphatic hydroxyl groups is 1. The number of benzene rings is 2. The van der Waals surface area contributed by atoms with Gasteiger partial charge in [-0.3, -0.25) is 4.79 Å². The molecule has 0 heterocycles. The van der Waals surface area contributed by atoms with Gasteiger partial charge in [-0.1, -0.05) is 61.5 Å². The number of rotatable bonds is 6. The molecule has 0 saturated heterocycles. The first kappa shape index (κ1) is 15.3. The number of carbonyl (C=O) groups excluding carboxylic acids is 1. The minimum atomic E-state index is -0.0753. The van der Waals surface area contributed by atoms with Crippen molar-refractivity contribution in [3.05, 3.63) is 71.3 Å². The van der Waals surface area contributed by atoms with Crippen LogP contribution in [-0.4, -0.2) is 11.0 Å². The van der Waals surface area contributed by atoms with Crippen LogP contribution in [0.3, 0.4) is 0 Å². The monoisotopic (exact) mass is 283 g/mol. The standard InChI is InChI=1S/C18H21NO2/c1-14(11-15-7-3-2-4-8-15)18(21)19-12-16-9-5-6-10-17(16)13-20/h2-10,14,20H,11-13H2,1H3,(H,19,21). The van der Waals surface area contributed by atoms with Crippen LogP contribution >= 0.6 is 0 Å². The topological polar surface area (TPSA) is 49.3 Å². The van der Waals surface area contributed by atoms with Crippen molar-refractivity contribution in [3.63, 3.8) is 0 Å². The second kappa shape index (κ2) is 7.60. The zero-order chi connectivity index (χ0) is 15.1. The van der Waals surface area contributed by atoms with Gasteiger partial charge in [-0.15, -0.1) is 0 Å². The molecule has 0 bridgehead atoms. The fourth-order valence-corrected chi connectivity index (χ4v) is 2.30. The maximum absolute atomic E-state index is 12.1. The van der Waals surface area contributed by atoms with Crippen molar-refractivity contribution in [2.24, 2.45) is 5.92 Å². The molecule has 1 unspecified atom stereocenters. The number of hydrogen-bond donors (Lipinski definition) is 2. The van der Waals surface area contributed by atoms with Gasteiger partial charge in [-0.25, -0.2) is 0 Å². The van der Waals surface area contributed by atoms with Crippen LogP contribution in [0.25, 0.3) is 0 Å². The van der Waals surface area contributed by atoms with Crippen molar-refractivity contribution < 1.29 is 9.90 Å². The first-order chi connectivity index (χ1) is 10.2. The SMILES string of the molecule is CC(Cc1ccccc1)C(=O)NCc1ccccc1CO. The minimum Gasteiger partial charge on any atom is -0.392 e. The molecule has 0 aromatic heterocycles. The Balaban J connectivity index is 1.89. The summed E-state index contributed by atoms with van der Waals surface area (Å²) in [6, 6.07) is 17.6. The van der Waals surface area contributed by atoms with E-state index in [1.807, 2.05) is 61.5 Å². The van der Waals surface area contributed by atoms with Gasteiger partial charge in [0.2, 0.25) is 5.91 Å². The second-order valence-electron chi connectivity index (χ2n) is 5.24.